The lowest BCUT2D eigenvalue weighted by molar-refractivity contribution is -0.0235. The first-order chi connectivity index (χ1) is 8.31. The van der Waals surface area contributed by atoms with E-state index >= 15 is 0 Å². The van der Waals surface area contributed by atoms with Crippen molar-refractivity contribution in [1.29, 1.82) is 0 Å². The van der Waals surface area contributed by atoms with Gasteiger partial charge in [0.2, 0.25) is 6.79 Å². The van der Waals surface area contributed by atoms with Crippen molar-refractivity contribution in [3.8, 4) is 11.5 Å². The zero-order chi connectivity index (χ0) is 11.7. The molecule has 1 aromatic rings. The first kappa shape index (κ1) is 10.8. The Morgan fingerprint density at radius 1 is 1.06 bits per heavy atom. The largest absolute Gasteiger partial charge is 0.454 e. The van der Waals surface area contributed by atoms with Crippen LogP contribution in [0.3, 0.4) is 0 Å². The third-order valence-corrected chi connectivity index (χ3v) is 3.16. The van der Waals surface area contributed by atoms with E-state index in [0.29, 0.717) is 19.9 Å². The summed E-state index contributed by atoms with van der Waals surface area (Å²) in [5.41, 5.74) is 1.18. The lowest BCUT2D eigenvalue weighted by Gasteiger charge is -2.29. The molecule has 3 rings (SSSR count). The van der Waals surface area contributed by atoms with Crippen LogP contribution in [0.15, 0.2) is 18.2 Å². The summed E-state index contributed by atoms with van der Waals surface area (Å²) < 4.78 is 23.4. The van der Waals surface area contributed by atoms with Crippen LogP contribution in [0.4, 0.5) is 4.48 Å². The molecule has 0 aromatic heterocycles. The van der Waals surface area contributed by atoms with E-state index in [9.17, 15) is 4.48 Å². The highest BCUT2D eigenvalue weighted by molar-refractivity contribution is 5.44. The van der Waals surface area contributed by atoms with Crippen molar-refractivity contribution >= 4 is 0 Å². The highest BCUT2D eigenvalue weighted by atomic mass is 19.2. The summed E-state index contributed by atoms with van der Waals surface area (Å²) in [5, 5.41) is 0.871. The molecule has 1 saturated heterocycles. The van der Waals surface area contributed by atoms with Gasteiger partial charge >= 0.3 is 0 Å². The highest BCUT2D eigenvalue weighted by Gasteiger charge is 2.18. The lowest BCUT2D eigenvalue weighted by atomic mass is 10.2. The van der Waals surface area contributed by atoms with Crippen LogP contribution in [-0.4, -0.2) is 43.0 Å². The van der Waals surface area contributed by atoms with Gasteiger partial charge in [0.05, 0.1) is 0 Å². The highest BCUT2D eigenvalue weighted by Crippen LogP contribution is 2.32. The Hall–Kier alpha value is -1.33. The molecule has 1 fully saturated rings. The summed E-state index contributed by atoms with van der Waals surface area (Å²) in [6.07, 6.45) is 0. The SMILES string of the molecule is FN1CCN(Cc2ccc3c(c2)OCO3)CC1. The molecular weight excluding hydrogens is 223 g/mol. The molecule has 4 nitrogen and oxygen atoms in total. The molecule has 2 heterocycles. The molecule has 0 N–H and O–H groups in total. The Morgan fingerprint density at radius 2 is 1.82 bits per heavy atom. The van der Waals surface area contributed by atoms with Gasteiger partial charge in [-0.05, 0) is 17.7 Å². The van der Waals surface area contributed by atoms with Crippen LogP contribution in [0.25, 0.3) is 0 Å². The smallest absolute Gasteiger partial charge is 0.231 e. The Balaban J connectivity index is 1.65. The zero-order valence-electron chi connectivity index (χ0n) is 9.56. The van der Waals surface area contributed by atoms with Crippen molar-refractivity contribution in [3.63, 3.8) is 0 Å². The third-order valence-electron chi connectivity index (χ3n) is 3.16. The molecule has 1 aromatic carbocycles. The van der Waals surface area contributed by atoms with Crippen LogP contribution >= 0.6 is 0 Å². The van der Waals surface area contributed by atoms with E-state index in [4.69, 9.17) is 9.47 Å². The number of halogens is 1. The average Bonchev–Trinajstić information content (AvgIpc) is 2.79. The van der Waals surface area contributed by atoms with Crippen molar-refractivity contribution in [2.45, 2.75) is 6.54 Å². The number of piperazine rings is 1. The fourth-order valence-corrected chi connectivity index (χ4v) is 2.18. The number of hydrogen-bond acceptors (Lipinski definition) is 4. The van der Waals surface area contributed by atoms with Gasteiger partial charge in [-0.2, -0.15) is 0 Å². The number of ether oxygens (including phenoxy) is 2. The molecule has 2 aliphatic rings. The van der Waals surface area contributed by atoms with Gasteiger partial charge in [0.1, 0.15) is 0 Å². The molecule has 0 unspecified atom stereocenters. The molecule has 0 atom stereocenters. The van der Waals surface area contributed by atoms with Crippen LogP contribution in [-0.2, 0) is 6.54 Å². The van der Waals surface area contributed by atoms with E-state index in [2.05, 4.69) is 4.90 Å². The predicted octanol–water partition coefficient (Wildman–Crippen LogP) is 1.42. The normalized spacial score (nSPS) is 20.8. The van der Waals surface area contributed by atoms with E-state index in [1.54, 1.807) is 0 Å². The van der Waals surface area contributed by atoms with Gasteiger partial charge < -0.3 is 9.47 Å². The quantitative estimate of drug-likeness (QED) is 0.727. The third kappa shape index (κ3) is 2.35. The van der Waals surface area contributed by atoms with Crippen LogP contribution < -0.4 is 9.47 Å². The average molecular weight is 238 g/mol. The molecule has 0 bridgehead atoms. The van der Waals surface area contributed by atoms with Crippen LogP contribution in [0, 0.1) is 0 Å². The predicted molar refractivity (Wildman–Crippen MR) is 60.5 cm³/mol. The maximum absolute atomic E-state index is 12.8. The van der Waals surface area contributed by atoms with Crippen molar-refractivity contribution in [2.24, 2.45) is 0 Å². The van der Waals surface area contributed by atoms with Gasteiger partial charge in [-0.25, -0.2) is 0 Å². The summed E-state index contributed by atoms with van der Waals surface area (Å²) in [4.78, 5) is 2.24. The Morgan fingerprint density at radius 3 is 2.65 bits per heavy atom. The number of hydrogen-bond donors (Lipinski definition) is 0. The maximum Gasteiger partial charge on any atom is 0.231 e. The van der Waals surface area contributed by atoms with Crippen molar-refractivity contribution in [1.82, 2.24) is 10.0 Å². The van der Waals surface area contributed by atoms with Gasteiger partial charge in [-0.3, -0.25) is 4.90 Å². The Kier molecular flexibility index (Phi) is 2.86. The molecule has 0 aliphatic carbocycles. The van der Waals surface area contributed by atoms with E-state index in [-0.39, 0.29) is 0 Å². The monoisotopic (exact) mass is 238 g/mol. The molecule has 0 amide bonds. The van der Waals surface area contributed by atoms with Crippen LogP contribution in [0.1, 0.15) is 5.56 Å². The van der Waals surface area contributed by atoms with Crippen LogP contribution in [0.5, 0.6) is 11.5 Å². The molecule has 17 heavy (non-hydrogen) atoms. The van der Waals surface area contributed by atoms with E-state index in [1.165, 1.54) is 5.56 Å². The minimum Gasteiger partial charge on any atom is -0.454 e. The molecule has 0 radical (unpaired) electrons. The molecule has 92 valence electrons. The first-order valence-corrected chi connectivity index (χ1v) is 5.83. The van der Waals surface area contributed by atoms with Gasteiger partial charge in [0.15, 0.2) is 11.5 Å². The number of fused-ring (bicyclic) bond motifs is 1. The molecule has 0 spiro atoms. The number of benzene rings is 1. The zero-order valence-corrected chi connectivity index (χ0v) is 9.56. The molecule has 2 aliphatic heterocycles. The van der Waals surface area contributed by atoms with E-state index in [1.807, 2.05) is 18.2 Å². The first-order valence-electron chi connectivity index (χ1n) is 5.83. The summed E-state index contributed by atoms with van der Waals surface area (Å²) in [6, 6.07) is 5.97. The van der Waals surface area contributed by atoms with Crippen molar-refractivity contribution in [3.05, 3.63) is 23.8 Å². The summed E-state index contributed by atoms with van der Waals surface area (Å²) in [6.45, 7) is 3.66. The van der Waals surface area contributed by atoms with Crippen LogP contribution in [0.2, 0.25) is 0 Å². The summed E-state index contributed by atoms with van der Waals surface area (Å²) >= 11 is 0. The fourth-order valence-electron chi connectivity index (χ4n) is 2.18. The number of nitrogens with zero attached hydrogens (tertiary/aromatic N) is 2. The van der Waals surface area contributed by atoms with E-state index < -0.39 is 0 Å². The van der Waals surface area contributed by atoms with E-state index in [0.717, 1.165) is 36.3 Å². The van der Waals surface area contributed by atoms with Gasteiger partial charge in [-0.1, -0.05) is 6.07 Å². The minimum absolute atomic E-state index is 0.305. The summed E-state index contributed by atoms with van der Waals surface area (Å²) in [5.74, 6) is 1.62. The van der Waals surface area contributed by atoms with Crippen molar-refractivity contribution < 1.29 is 14.0 Å². The second kappa shape index (κ2) is 4.50. The number of rotatable bonds is 2. The van der Waals surface area contributed by atoms with Crippen molar-refractivity contribution in [2.75, 3.05) is 33.0 Å². The Labute approximate surface area is 99.5 Å². The lowest BCUT2D eigenvalue weighted by Crippen LogP contribution is -2.42. The van der Waals surface area contributed by atoms with Gasteiger partial charge in [0.25, 0.3) is 0 Å². The van der Waals surface area contributed by atoms with Gasteiger partial charge in [0, 0.05) is 32.7 Å². The second-order valence-corrected chi connectivity index (χ2v) is 4.37. The topological polar surface area (TPSA) is 24.9 Å². The fraction of sp³-hybridized carbons (Fsp3) is 0.500. The molecular formula is C12H15FN2O2. The summed E-state index contributed by atoms with van der Waals surface area (Å²) in [7, 11) is 0. The second-order valence-electron chi connectivity index (χ2n) is 4.37. The Bertz CT molecular complexity index is 405. The van der Waals surface area contributed by atoms with Gasteiger partial charge in [-0.15, -0.1) is 9.60 Å². The maximum atomic E-state index is 12.8. The molecule has 5 heteroatoms. The minimum atomic E-state index is 0.305. The standard InChI is InChI=1S/C12H15FN2O2/c13-15-5-3-14(4-6-15)8-10-1-2-11-12(7-10)17-9-16-11/h1-2,7H,3-6,8-9H2. The molecule has 0 saturated carbocycles.